The van der Waals surface area contributed by atoms with Gasteiger partial charge in [-0.15, -0.1) is 0 Å². The van der Waals surface area contributed by atoms with Crippen molar-refractivity contribution in [2.75, 3.05) is 5.73 Å². The Bertz CT molecular complexity index is 727. The molecule has 2 rings (SSSR count). The third kappa shape index (κ3) is 2.10. The van der Waals surface area contributed by atoms with E-state index in [0.29, 0.717) is 12.0 Å². The monoisotopic (exact) mass is 287 g/mol. The van der Waals surface area contributed by atoms with Gasteiger partial charge in [0.15, 0.2) is 0 Å². The molecule has 0 spiro atoms. The molecule has 2 aromatic carbocycles. The summed E-state index contributed by atoms with van der Waals surface area (Å²) in [7, 11) is -4.45. The van der Waals surface area contributed by atoms with Crippen LogP contribution in [0.5, 0.6) is 5.75 Å². The smallest absolute Gasteiger partial charge is 0.295 e. The quantitative estimate of drug-likeness (QED) is 0.378. The number of phenols is 1. The standard InChI is InChI=1S/C10H9NO5S2/c11-7-1-2-9(18(14,15)16)6-3-5(17-13)4-8(12)10(6)7/h1-4,12-13H,11H2,(H,14,15,16). The summed E-state index contributed by atoms with van der Waals surface area (Å²) in [5, 5.41) is 9.94. The summed E-state index contributed by atoms with van der Waals surface area (Å²) in [5.74, 6) is -0.271. The van der Waals surface area contributed by atoms with E-state index < -0.39 is 10.1 Å². The maximum absolute atomic E-state index is 11.2. The van der Waals surface area contributed by atoms with E-state index in [1.54, 1.807) is 0 Å². The predicted molar refractivity (Wildman–Crippen MR) is 68.3 cm³/mol. The van der Waals surface area contributed by atoms with Gasteiger partial charge in [-0.2, -0.15) is 8.42 Å². The van der Waals surface area contributed by atoms with Crippen LogP contribution in [0.3, 0.4) is 0 Å². The molecule has 0 heterocycles. The van der Waals surface area contributed by atoms with Crippen LogP contribution >= 0.6 is 12.0 Å². The van der Waals surface area contributed by atoms with Gasteiger partial charge in [-0.25, -0.2) is 0 Å². The van der Waals surface area contributed by atoms with Gasteiger partial charge in [0.25, 0.3) is 10.1 Å². The molecule has 0 fully saturated rings. The van der Waals surface area contributed by atoms with Crippen molar-refractivity contribution in [3.8, 4) is 5.75 Å². The highest BCUT2D eigenvalue weighted by Crippen LogP contribution is 2.37. The van der Waals surface area contributed by atoms with E-state index in [1.165, 1.54) is 18.2 Å². The van der Waals surface area contributed by atoms with Gasteiger partial charge < -0.3 is 15.4 Å². The summed E-state index contributed by atoms with van der Waals surface area (Å²) in [6.07, 6.45) is 0. The molecular formula is C10H9NO5S2. The fraction of sp³-hybridized carbons (Fsp3) is 0. The molecule has 0 amide bonds. The molecule has 2 aromatic rings. The van der Waals surface area contributed by atoms with Gasteiger partial charge in [0.1, 0.15) is 10.6 Å². The zero-order chi connectivity index (χ0) is 13.5. The summed E-state index contributed by atoms with van der Waals surface area (Å²) >= 11 is 0.346. The second-order valence-corrected chi connectivity index (χ2v) is 5.63. The minimum Gasteiger partial charge on any atom is -0.507 e. The minimum absolute atomic E-state index is 0.0500. The van der Waals surface area contributed by atoms with Crippen LogP contribution in [0.25, 0.3) is 10.8 Å². The SMILES string of the molecule is Nc1ccc(S(=O)(=O)O)c2cc(SO)cc(O)c12. The van der Waals surface area contributed by atoms with Crippen LogP contribution in [0, 0.1) is 0 Å². The molecule has 6 nitrogen and oxygen atoms in total. The van der Waals surface area contributed by atoms with Crippen molar-refractivity contribution in [2.45, 2.75) is 9.79 Å². The maximum Gasteiger partial charge on any atom is 0.295 e. The van der Waals surface area contributed by atoms with Crippen LogP contribution < -0.4 is 5.73 Å². The van der Waals surface area contributed by atoms with Crippen LogP contribution in [-0.4, -0.2) is 22.6 Å². The lowest BCUT2D eigenvalue weighted by atomic mass is 10.1. The number of aromatic hydroxyl groups is 1. The first-order chi connectivity index (χ1) is 8.34. The van der Waals surface area contributed by atoms with E-state index in [4.69, 9.17) is 14.8 Å². The van der Waals surface area contributed by atoms with Gasteiger partial charge >= 0.3 is 0 Å². The number of nitrogen functional groups attached to an aromatic ring is 1. The van der Waals surface area contributed by atoms with E-state index in [1.807, 2.05) is 0 Å². The van der Waals surface area contributed by atoms with E-state index in [2.05, 4.69) is 0 Å². The molecule has 0 radical (unpaired) electrons. The van der Waals surface area contributed by atoms with Gasteiger partial charge in [-0.3, -0.25) is 4.55 Å². The van der Waals surface area contributed by atoms with Crippen molar-refractivity contribution in [1.29, 1.82) is 0 Å². The zero-order valence-electron chi connectivity index (χ0n) is 8.86. The van der Waals surface area contributed by atoms with Gasteiger partial charge in [0.2, 0.25) is 0 Å². The minimum atomic E-state index is -4.45. The fourth-order valence-electron chi connectivity index (χ4n) is 1.71. The van der Waals surface area contributed by atoms with E-state index in [0.717, 1.165) is 6.07 Å². The Balaban J connectivity index is 3.00. The first-order valence-electron chi connectivity index (χ1n) is 4.68. The second-order valence-electron chi connectivity index (χ2n) is 3.58. The molecule has 0 aliphatic heterocycles. The summed E-state index contributed by atoms with van der Waals surface area (Å²) in [6, 6.07) is 4.98. The molecule has 96 valence electrons. The van der Waals surface area contributed by atoms with Crippen LogP contribution in [0.4, 0.5) is 5.69 Å². The lowest BCUT2D eigenvalue weighted by Gasteiger charge is -2.09. The number of hydrogen-bond donors (Lipinski definition) is 4. The highest BCUT2D eigenvalue weighted by molar-refractivity contribution is 7.93. The highest BCUT2D eigenvalue weighted by atomic mass is 32.2. The topological polar surface area (TPSA) is 121 Å². The average molecular weight is 287 g/mol. The van der Waals surface area contributed by atoms with Crippen molar-refractivity contribution in [3.63, 3.8) is 0 Å². The number of rotatable bonds is 2. The predicted octanol–water partition coefficient (Wildman–Crippen LogP) is 1.94. The molecule has 0 unspecified atom stereocenters. The first kappa shape index (κ1) is 13.0. The van der Waals surface area contributed by atoms with Crippen molar-refractivity contribution >= 4 is 38.6 Å². The van der Waals surface area contributed by atoms with E-state index in [9.17, 15) is 13.5 Å². The Morgan fingerprint density at radius 3 is 2.44 bits per heavy atom. The summed E-state index contributed by atoms with van der Waals surface area (Å²) in [6.45, 7) is 0. The number of benzene rings is 2. The Hall–Kier alpha value is -1.48. The molecule has 0 saturated heterocycles. The molecular weight excluding hydrogens is 278 g/mol. The van der Waals surface area contributed by atoms with E-state index in [-0.39, 0.29) is 32.0 Å². The maximum atomic E-state index is 11.2. The third-order valence-corrected chi connectivity index (χ3v) is 3.80. The Labute approximate surface area is 107 Å². The number of fused-ring (bicyclic) bond motifs is 1. The van der Waals surface area contributed by atoms with Crippen molar-refractivity contribution in [3.05, 3.63) is 24.3 Å². The van der Waals surface area contributed by atoms with Gasteiger partial charge in [-0.05, 0) is 24.3 Å². The number of hydrogen-bond acceptors (Lipinski definition) is 6. The molecule has 0 aromatic heterocycles. The molecule has 18 heavy (non-hydrogen) atoms. The Morgan fingerprint density at radius 2 is 1.89 bits per heavy atom. The largest absolute Gasteiger partial charge is 0.507 e. The zero-order valence-corrected chi connectivity index (χ0v) is 10.5. The number of phenolic OH excluding ortho intramolecular Hbond substituents is 1. The van der Waals surface area contributed by atoms with E-state index >= 15 is 0 Å². The summed E-state index contributed by atoms with van der Waals surface area (Å²) in [4.78, 5) is -0.145. The molecule has 0 atom stereocenters. The van der Waals surface area contributed by atoms with Crippen molar-refractivity contribution in [2.24, 2.45) is 0 Å². The second kappa shape index (κ2) is 4.32. The fourth-order valence-corrected chi connectivity index (χ4v) is 2.73. The third-order valence-electron chi connectivity index (χ3n) is 2.44. The van der Waals surface area contributed by atoms with Crippen molar-refractivity contribution in [1.82, 2.24) is 0 Å². The first-order valence-corrected chi connectivity index (χ1v) is 6.90. The summed E-state index contributed by atoms with van der Waals surface area (Å²) in [5.41, 5.74) is 5.83. The van der Waals surface area contributed by atoms with Gasteiger partial charge in [0.05, 0.1) is 0 Å². The average Bonchev–Trinajstić information content (AvgIpc) is 2.26. The molecule has 8 heteroatoms. The number of anilines is 1. The Kier molecular flexibility index (Phi) is 3.11. The molecule has 0 bridgehead atoms. The molecule has 0 aliphatic rings. The lowest BCUT2D eigenvalue weighted by Crippen LogP contribution is -2.00. The van der Waals surface area contributed by atoms with Crippen molar-refractivity contribution < 1.29 is 22.6 Å². The lowest BCUT2D eigenvalue weighted by molar-refractivity contribution is 0.480. The summed E-state index contributed by atoms with van der Waals surface area (Å²) < 4.78 is 40.5. The molecule has 0 saturated carbocycles. The van der Waals surface area contributed by atoms with Crippen LogP contribution in [0.2, 0.25) is 0 Å². The Morgan fingerprint density at radius 1 is 1.22 bits per heavy atom. The van der Waals surface area contributed by atoms with Crippen LogP contribution in [-0.2, 0) is 10.1 Å². The molecule has 0 aliphatic carbocycles. The highest BCUT2D eigenvalue weighted by Gasteiger charge is 2.18. The molecule has 5 N–H and O–H groups in total. The van der Waals surface area contributed by atoms with Gasteiger partial charge in [-0.1, -0.05) is 0 Å². The van der Waals surface area contributed by atoms with Crippen LogP contribution in [0.1, 0.15) is 0 Å². The van der Waals surface area contributed by atoms with Gasteiger partial charge in [0, 0.05) is 33.4 Å². The number of nitrogens with two attached hydrogens (primary N) is 1. The van der Waals surface area contributed by atoms with Crippen LogP contribution in [0.15, 0.2) is 34.1 Å². The normalized spacial score (nSPS) is 11.9.